The Hall–Kier alpha value is -2.17. The van der Waals surface area contributed by atoms with E-state index in [1.54, 1.807) is 34.6 Å². The normalized spacial score (nSPS) is 28.6. The van der Waals surface area contributed by atoms with Gasteiger partial charge in [0.15, 0.2) is 5.79 Å². The molecule has 0 radical (unpaired) electrons. The number of aromatic nitrogens is 2. The van der Waals surface area contributed by atoms with Crippen molar-refractivity contribution in [2.45, 2.75) is 70.3 Å². The second-order valence-electron chi connectivity index (χ2n) is 8.51. The summed E-state index contributed by atoms with van der Waals surface area (Å²) in [5.41, 5.74) is -0.302. The summed E-state index contributed by atoms with van der Waals surface area (Å²) < 4.78 is 27.7. The zero-order valence-corrected chi connectivity index (χ0v) is 17.8. The van der Waals surface area contributed by atoms with Crippen LogP contribution in [0.3, 0.4) is 0 Å². The van der Waals surface area contributed by atoms with Crippen LogP contribution in [0.5, 0.6) is 11.9 Å². The van der Waals surface area contributed by atoms with Crippen LogP contribution in [-0.4, -0.2) is 76.5 Å². The lowest BCUT2D eigenvalue weighted by Crippen LogP contribution is -2.54. The fraction of sp³-hybridized carbons (Fsp3) is 0.737. The number of rotatable bonds is 3. The molecule has 2 saturated heterocycles. The molecule has 10 heteroatoms. The van der Waals surface area contributed by atoms with Crippen molar-refractivity contribution in [1.82, 2.24) is 14.9 Å². The Bertz CT molecular complexity index is 765. The van der Waals surface area contributed by atoms with Crippen LogP contribution in [-0.2, 0) is 14.2 Å². The van der Waals surface area contributed by atoms with E-state index >= 15 is 0 Å². The van der Waals surface area contributed by atoms with Gasteiger partial charge in [-0.1, -0.05) is 0 Å². The first-order valence-electron chi connectivity index (χ1n) is 9.43. The first kappa shape index (κ1) is 21.5. The SMILES string of the molecule is COc1ncc([C@H]2[C@H](O)[C@@H]3OC(C)(C)OC[C@H]3N2C(=O)OC(C)(C)C)c(OC)n1. The lowest BCUT2D eigenvalue weighted by atomic mass is 10.0. The van der Waals surface area contributed by atoms with Crippen molar-refractivity contribution in [2.24, 2.45) is 0 Å². The molecule has 1 aromatic rings. The van der Waals surface area contributed by atoms with Crippen molar-refractivity contribution >= 4 is 6.09 Å². The molecule has 162 valence electrons. The van der Waals surface area contributed by atoms with Crippen LogP contribution in [0.1, 0.15) is 46.2 Å². The second kappa shape index (κ2) is 7.58. The van der Waals surface area contributed by atoms with Crippen LogP contribution >= 0.6 is 0 Å². The molecule has 1 aromatic heterocycles. The van der Waals surface area contributed by atoms with E-state index in [1.165, 1.54) is 25.3 Å². The first-order chi connectivity index (χ1) is 13.5. The molecule has 1 N–H and O–H groups in total. The molecule has 4 atom stereocenters. The number of hydrogen-bond donors (Lipinski definition) is 1. The zero-order valence-electron chi connectivity index (χ0n) is 17.8. The van der Waals surface area contributed by atoms with E-state index < -0.39 is 41.8 Å². The van der Waals surface area contributed by atoms with Gasteiger partial charge in [-0.3, -0.25) is 4.90 Å². The van der Waals surface area contributed by atoms with Crippen molar-refractivity contribution in [3.8, 4) is 11.9 Å². The van der Waals surface area contributed by atoms with Gasteiger partial charge in [0.05, 0.1) is 38.5 Å². The summed E-state index contributed by atoms with van der Waals surface area (Å²) in [5.74, 6) is -0.704. The Kier molecular flexibility index (Phi) is 5.63. The third-order valence-electron chi connectivity index (χ3n) is 4.78. The summed E-state index contributed by atoms with van der Waals surface area (Å²) >= 11 is 0. The van der Waals surface area contributed by atoms with E-state index in [0.717, 1.165) is 0 Å². The Morgan fingerprint density at radius 1 is 1.31 bits per heavy atom. The largest absolute Gasteiger partial charge is 0.481 e. The maximum absolute atomic E-state index is 13.1. The van der Waals surface area contributed by atoms with Gasteiger partial charge in [0, 0.05) is 6.20 Å². The van der Waals surface area contributed by atoms with E-state index in [-0.39, 0.29) is 18.5 Å². The van der Waals surface area contributed by atoms with Gasteiger partial charge < -0.3 is 28.8 Å². The van der Waals surface area contributed by atoms with Crippen molar-refractivity contribution < 1.29 is 33.6 Å². The van der Waals surface area contributed by atoms with Gasteiger partial charge in [0.25, 0.3) is 0 Å². The highest BCUT2D eigenvalue weighted by Gasteiger charge is 2.57. The molecule has 3 rings (SSSR count). The van der Waals surface area contributed by atoms with E-state index in [0.29, 0.717) is 5.56 Å². The minimum Gasteiger partial charge on any atom is -0.481 e. The maximum atomic E-state index is 13.1. The van der Waals surface area contributed by atoms with Crippen molar-refractivity contribution in [3.63, 3.8) is 0 Å². The Balaban J connectivity index is 2.05. The molecular weight excluding hydrogens is 382 g/mol. The molecule has 2 aliphatic rings. The summed E-state index contributed by atoms with van der Waals surface area (Å²) in [4.78, 5) is 22.8. The van der Waals surface area contributed by atoms with E-state index in [4.69, 9.17) is 23.7 Å². The predicted molar refractivity (Wildman–Crippen MR) is 101 cm³/mol. The maximum Gasteiger partial charge on any atom is 0.411 e. The number of aliphatic hydroxyl groups is 1. The van der Waals surface area contributed by atoms with Crippen molar-refractivity contribution in [2.75, 3.05) is 20.8 Å². The standard InChI is InChI=1S/C19H29N3O7/c1-18(2,3)29-17(24)22-11-9-27-19(4,5)28-14(11)13(23)12(22)10-8-20-16(26-7)21-15(10)25-6/h8,11-14,23H,9H2,1-7H3/t11-,12+,13+,14-/m1/s1. The number of carbonyl (C=O) groups excluding carboxylic acids is 1. The van der Waals surface area contributed by atoms with Gasteiger partial charge in [-0.15, -0.1) is 0 Å². The predicted octanol–water partition coefficient (Wildman–Crippen LogP) is 1.67. The molecule has 0 aromatic carbocycles. The Morgan fingerprint density at radius 3 is 2.59 bits per heavy atom. The number of hydrogen-bond acceptors (Lipinski definition) is 9. The average Bonchev–Trinajstić information content (AvgIpc) is 2.90. The summed E-state index contributed by atoms with van der Waals surface area (Å²) in [5, 5.41) is 11.2. The van der Waals surface area contributed by atoms with Crippen LogP contribution in [0.25, 0.3) is 0 Å². The molecular formula is C19H29N3O7. The minimum atomic E-state index is -1.07. The smallest absolute Gasteiger partial charge is 0.411 e. The van der Waals surface area contributed by atoms with E-state index in [1.807, 2.05) is 0 Å². The molecule has 0 bridgehead atoms. The van der Waals surface area contributed by atoms with Crippen LogP contribution in [0.15, 0.2) is 6.20 Å². The topological polar surface area (TPSA) is 112 Å². The number of nitrogens with zero attached hydrogens (tertiary/aromatic N) is 3. The molecule has 2 fully saturated rings. The van der Waals surface area contributed by atoms with Crippen LogP contribution < -0.4 is 9.47 Å². The summed E-state index contributed by atoms with van der Waals surface area (Å²) in [6, 6.07) is -1.29. The van der Waals surface area contributed by atoms with E-state index in [2.05, 4.69) is 9.97 Å². The molecule has 10 nitrogen and oxygen atoms in total. The lowest BCUT2D eigenvalue weighted by molar-refractivity contribution is -0.291. The number of aliphatic hydroxyl groups excluding tert-OH is 1. The fourth-order valence-corrected chi connectivity index (χ4v) is 3.63. The summed E-state index contributed by atoms with van der Waals surface area (Å²) in [6.07, 6.45) is -0.873. The number of fused-ring (bicyclic) bond motifs is 1. The van der Waals surface area contributed by atoms with Gasteiger partial charge >= 0.3 is 12.1 Å². The quantitative estimate of drug-likeness (QED) is 0.793. The fourth-order valence-electron chi connectivity index (χ4n) is 3.63. The Morgan fingerprint density at radius 2 is 2.00 bits per heavy atom. The molecule has 1 amide bonds. The Labute approximate surface area is 170 Å². The van der Waals surface area contributed by atoms with Gasteiger partial charge in [-0.2, -0.15) is 4.98 Å². The third-order valence-corrected chi connectivity index (χ3v) is 4.78. The molecule has 0 spiro atoms. The second-order valence-corrected chi connectivity index (χ2v) is 8.51. The van der Waals surface area contributed by atoms with E-state index in [9.17, 15) is 9.90 Å². The van der Waals surface area contributed by atoms with Crippen LogP contribution in [0.4, 0.5) is 4.79 Å². The molecule has 29 heavy (non-hydrogen) atoms. The number of carbonyl (C=O) groups is 1. The van der Waals surface area contributed by atoms with Gasteiger partial charge in [-0.05, 0) is 34.6 Å². The first-order valence-corrected chi connectivity index (χ1v) is 9.43. The number of ether oxygens (including phenoxy) is 5. The third kappa shape index (κ3) is 4.24. The minimum absolute atomic E-state index is 0.111. The van der Waals surface area contributed by atoms with Crippen molar-refractivity contribution in [1.29, 1.82) is 0 Å². The molecule has 0 unspecified atom stereocenters. The van der Waals surface area contributed by atoms with Gasteiger partial charge in [-0.25, -0.2) is 9.78 Å². The number of methoxy groups -OCH3 is 2. The van der Waals surface area contributed by atoms with Crippen LogP contribution in [0, 0.1) is 0 Å². The van der Waals surface area contributed by atoms with Gasteiger partial charge in [0.2, 0.25) is 5.88 Å². The number of amides is 1. The highest BCUT2D eigenvalue weighted by molar-refractivity contribution is 5.70. The highest BCUT2D eigenvalue weighted by atomic mass is 16.7. The molecule has 2 aliphatic heterocycles. The molecule has 0 aliphatic carbocycles. The van der Waals surface area contributed by atoms with Gasteiger partial charge in [0.1, 0.15) is 17.8 Å². The molecule has 0 saturated carbocycles. The van der Waals surface area contributed by atoms with Crippen LogP contribution in [0.2, 0.25) is 0 Å². The van der Waals surface area contributed by atoms with Crippen molar-refractivity contribution in [3.05, 3.63) is 11.8 Å². The summed E-state index contributed by atoms with van der Waals surface area (Å²) in [7, 11) is 2.88. The zero-order chi connectivity index (χ0) is 21.6. The lowest BCUT2D eigenvalue weighted by Gasteiger charge is -2.40. The monoisotopic (exact) mass is 411 g/mol. The molecule has 3 heterocycles. The summed E-state index contributed by atoms with van der Waals surface area (Å²) in [6.45, 7) is 9.04. The highest BCUT2D eigenvalue weighted by Crippen LogP contribution is 2.45. The average molecular weight is 411 g/mol. The number of likely N-dealkylation sites (tertiary alicyclic amines) is 1.